The summed E-state index contributed by atoms with van der Waals surface area (Å²) in [6.07, 6.45) is 5.76. The molecule has 2 aliphatic rings. The number of piperidine rings is 1. The van der Waals surface area contributed by atoms with Gasteiger partial charge in [-0.15, -0.1) is 0 Å². The highest BCUT2D eigenvalue weighted by molar-refractivity contribution is 5.80. The standard InChI is InChI=1S/C15H26N2O3/c1-2-15(14(19)20)7-9-17(10-8-15)13(18)11-5-3-4-6-12(11)16/h11-12H,2-10,16H2,1H3,(H,19,20). The summed E-state index contributed by atoms with van der Waals surface area (Å²) in [5.74, 6) is -0.628. The van der Waals surface area contributed by atoms with Gasteiger partial charge in [0.15, 0.2) is 0 Å². The Labute approximate surface area is 120 Å². The smallest absolute Gasteiger partial charge is 0.309 e. The van der Waals surface area contributed by atoms with Gasteiger partial charge < -0.3 is 15.7 Å². The van der Waals surface area contributed by atoms with Crippen molar-refractivity contribution in [1.29, 1.82) is 0 Å². The number of nitrogens with two attached hydrogens (primary N) is 1. The lowest BCUT2D eigenvalue weighted by molar-refractivity contribution is -0.155. The van der Waals surface area contributed by atoms with E-state index in [1.54, 1.807) is 0 Å². The van der Waals surface area contributed by atoms with Crippen molar-refractivity contribution in [2.24, 2.45) is 17.1 Å². The van der Waals surface area contributed by atoms with Crippen molar-refractivity contribution >= 4 is 11.9 Å². The second kappa shape index (κ2) is 6.12. The van der Waals surface area contributed by atoms with Crippen LogP contribution in [0.1, 0.15) is 51.9 Å². The molecule has 1 aliphatic carbocycles. The number of carbonyl (C=O) groups is 2. The molecule has 1 heterocycles. The molecule has 2 rings (SSSR count). The van der Waals surface area contributed by atoms with Crippen molar-refractivity contribution in [3.8, 4) is 0 Å². The van der Waals surface area contributed by atoms with Gasteiger partial charge in [0.05, 0.1) is 11.3 Å². The summed E-state index contributed by atoms with van der Waals surface area (Å²) in [6, 6.07) is -0.0198. The molecule has 5 nitrogen and oxygen atoms in total. The fraction of sp³-hybridized carbons (Fsp3) is 0.867. The maximum atomic E-state index is 12.5. The minimum Gasteiger partial charge on any atom is -0.481 e. The van der Waals surface area contributed by atoms with Gasteiger partial charge in [0.2, 0.25) is 5.91 Å². The largest absolute Gasteiger partial charge is 0.481 e. The summed E-state index contributed by atoms with van der Waals surface area (Å²) in [4.78, 5) is 25.8. The Bertz CT molecular complexity index is 375. The van der Waals surface area contributed by atoms with E-state index >= 15 is 0 Å². The zero-order chi connectivity index (χ0) is 14.8. The summed E-state index contributed by atoms with van der Waals surface area (Å²) >= 11 is 0. The van der Waals surface area contributed by atoms with Gasteiger partial charge in [-0.3, -0.25) is 9.59 Å². The normalized spacial score (nSPS) is 30.0. The zero-order valence-corrected chi connectivity index (χ0v) is 12.3. The molecular weight excluding hydrogens is 256 g/mol. The first-order valence-corrected chi connectivity index (χ1v) is 7.78. The molecule has 2 fully saturated rings. The van der Waals surface area contributed by atoms with Gasteiger partial charge in [0.1, 0.15) is 0 Å². The van der Waals surface area contributed by atoms with Crippen molar-refractivity contribution < 1.29 is 14.7 Å². The number of hydrogen-bond donors (Lipinski definition) is 2. The van der Waals surface area contributed by atoms with Gasteiger partial charge in [-0.05, 0) is 32.1 Å². The molecule has 2 atom stereocenters. The van der Waals surface area contributed by atoms with Crippen LogP contribution in [0.25, 0.3) is 0 Å². The average molecular weight is 282 g/mol. The molecule has 1 saturated carbocycles. The molecule has 1 aliphatic heterocycles. The van der Waals surface area contributed by atoms with E-state index in [2.05, 4.69) is 0 Å². The second-order valence-electron chi connectivity index (χ2n) is 6.32. The summed E-state index contributed by atoms with van der Waals surface area (Å²) < 4.78 is 0. The first kappa shape index (κ1) is 15.3. The molecule has 20 heavy (non-hydrogen) atoms. The zero-order valence-electron chi connectivity index (χ0n) is 12.3. The molecule has 1 amide bonds. The van der Waals surface area contributed by atoms with Crippen LogP contribution < -0.4 is 5.73 Å². The van der Waals surface area contributed by atoms with Gasteiger partial charge in [0.25, 0.3) is 0 Å². The Morgan fingerprint density at radius 1 is 1.25 bits per heavy atom. The molecule has 0 aromatic heterocycles. The first-order chi connectivity index (χ1) is 9.50. The van der Waals surface area contributed by atoms with Crippen molar-refractivity contribution in [1.82, 2.24) is 4.90 Å². The predicted octanol–water partition coefficient (Wildman–Crippen LogP) is 1.61. The summed E-state index contributed by atoms with van der Waals surface area (Å²) in [7, 11) is 0. The molecule has 2 unspecified atom stereocenters. The van der Waals surface area contributed by atoms with Crippen LogP contribution in [0.5, 0.6) is 0 Å². The van der Waals surface area contributed by atoms with Gasteiger partial charge in [-0.25, -0.2) is 0 Å². The third-order valence-corrected chi connectivity index (χ3v) is 5.30. The van der Waals surface area contributed by atoms with E-state index in [0.717, 1.165) is 25.7 Å². The van der Waals surface area contributed by atoms with E-state index in [0.29, 0.717) is 32.4 Å². The lowest BCUT2D eigenvalue weighted by atomic mass is 9.75. The quantitative estimate of drug-likeness (QED) is 0.823. The first-order valence-electron chi connectivity index (χ1n) is 7.78. The highest BCUT2D eigenvalue weighted by Crippen LogP contribution is 2.36. The molecule has 5 heteroatoms. The fourth-order valence-electron chi connectivity index (χ4n) is 3.57. The van der Waals surface area contributed by atoms with E-state index in [1.165, 1.54) is 0 Å². The molecule has 3 N–H and O–H groups in total. The number of aliphatic carboxylic acids is 1. The topological polar surface area (TPSA) is 83.6 Å². The van der Waals surface area contributed by atoms with Crippen LogP contribution >= 0.6 is 0 Å². The van der Waals surface area contributed by atoms with Crippen LogP contribution in [0.4, 0.5) is 0 Å². The Kier molecular flexibility index (Phi) is 4.68. The molecule has 0 radical (unpaired) electrons. The molecule has 0 bridgehead atoms. The second-order valence-corrected chi connectivity index (χ2v) is 6.32. The maximum Gasteiger partial charge on any atom is 0.309 e. The molecule has 0 aromatic rings. The van der Waals surface area contributed by atoms with Crippen LogP contribution in [0.15, 0.2) is 0 Å². The number of nitrogens with zero attached hydrogens (tertiary/aromatic N) is 1. The van der Waals surface area contributed by atoms with Crippen LogP contribution in [0.3, 0.4) is 0 Å². The average Bonchev–Trinajstić information content (AvgIpc) is 2.47. The molecule has 114 valence electrons. The fourth-order valence-corrected chi connectivity index (χ4v) is 3.57. The molecule has 0 spiro atoms. The van der Waals surface area contributed by atoms with E-state index < -0.39 is 11.4 Å². The minimum atomic E-state index is -0.721. The lowest BCUT2D eigenvalue weighted by Crippen LogP contribution is -2.51. The van der Waals surface area contributed by atoms with Gasteiger partial charge in [-0.1, -0.05) is 19.8 Å². The maximum absolute atomic E-state index is 12.5. The van der Waals surface area contributed by atoms with Crippen LogP contribution in [-0.4, -0.2) is 41.0 Å². The summed E-state index contributed by atoms with van der Waals surface area (Å²) in [6.45, 7) is 3.03. The van der Waals surface area contributed by atoms with E-state index in [4.69, 9.17) is 5.73 Å². The molecule has 1 saturated heterocycles. The van der Waals surface area contributed by atoms with Crippen LogP contribution in [0.2, 0.25) is 0 Å². The monoisotopic (exact) mass is 282 g/mol. The number of carbonyl (C=O) groups excluding carboxylic acids is 1. The summed E-state index contributed by atoms with van der Waals surface area (Å²) in [5, 5.41) is 9.38. The van der Waals surface area contributed by atoms with Crippen molar-refractivity contribution in [2.75, 3.05) is 13.1 Å². The minimum absolute atomic E-state index is 0.0198. The van der Waals surface area contributed by atoms with Gasteiger partial charge in [0, 0.05) is 19.1 Å². The van der Waals surface area contributed by atoms with Crippen LogP contribution in [-0.2, 0) is 9.59 Å². The highest BCUT2D eigenvalue weighted by Gasteiger charge is 2.42. The van der Waals surface area contributed by atoms with Crippen molar-refractivity contribution in [3.63, 3.8) is 0 Å². The number of likely N-dealkylation sites (tertiary alicyclic amines) is 1. The predicted molar refractivity (Wildman–Crippen MR) is 76.1 cm³/mol. The van der Waals surface area contributed by atoms with E-state index in [-0.39, 0.29) is 17.9 Å². The van der Waals surface area contributed by atoms with Gasteiger partial charge in [-0.2, -0.15) is 0 Å². The van der Waals surface area contributed by atoms with Crippen LogP contribution in [0, 0.1) is 11.3 Å². The Hall–Kier alpha value is -1.10. The van der Waals surface area contributed by atoms with Gasteiger partial charge >= 0.3 is 5.97 Å². The molecular formula is C15H26N2O3. The third kappa shape index (κ3) is 2.82. The number of amides is 1. The number of carboxylic acids is 1. The number of carboxylic acid groups (broad SMARTS) is 1. The number of hydrogen-bond acceptors (Lipinski definition) is 3. The molecule has 0 aromatic carbocycles. The number of rotatable bonds is 3. The highest BCUT2D eigenvalue weighted by atomic mass is 16.4. The lowest BCUT2D eigenvalue weighted by Gasteiger charge is -2.40. The van der Waals surface area contributed by atoms with E-state index in [9.17, 15) is 14.7 Å². The Morgan fingerprint density at radius 3 is 2.35 bits per heavy atom. The van der Waals surface area contributed by atoms with Crippen molar-refractivity contribution in [3.05, 3.63) is 0 Å². The Balaban J connectivity index is 1.96. The van der Waals surface area contributed by atoms with Crippen molar-refractivity contribution in [2.45, 2.75) is 57.9 Å². The SMILES string of the molecule is CCC1(C(=O)O)CCN(C(=O)C2CCCCC2N)CC1. The Morgan fingerprint density at radius 2 is 1.85 bits per heavy atom. The summed E-state index contributed by atoms with van der Waals surface area (Å²) in [5.41, 5.74) is 5.44. The van der Waals surface area contributed by atoms with E-state index in [1.807, 2.05) is 11.8 Å². The third-order valence-electron chi connectivity index (χ3n) is 5.30.